The van der Waals surface area contributed by atoms with Crippen LogP contribution in [0.5, 0.6) is 0 Å². The topological polar surface area (TPSA) is 0 Å². The molecule has 48 valence electrons. The third-order valence-electron chi connectivity index (χ3n) is 2.24. The Balaban J connectivity index is 2.13. The molecule has 0 amide bonds. The molecule has 0 radical (unpaired) electrons. The highest BCUT2D eigenvalue weighted by Crippen LogP contribution is 2.41. The van der Waals surface area contributed by atoms with Crippen LogP contribution in [0.3, 0.4) is 0 Å². The third kappa shape index (κ3) is 1.09. The molecule has 2 aliphatic carbocycles. The van der Waals surface area contributed by atoms with Gasteiger partial charge in [0.25, 0.3) is 0 Å². The molecule has 1 atom stereocenters. The molecule has 0 heterocycles. The molecule has 0 nitrogen and oxygen atoms in total. The van der Waals surface area contributed by atoms with E-state index in [0.717, 1.165) is 5.92 Å². The van der Waals surface area contributed by atoms with Gasteiger partial charge in [-0.25, -0.2) is 0 Å². The van der Waals surface area contributed by atoms with Gasteiger partial charge in [0.15, 0.2) is 0 Å². The molecular weight excluding hydrogens is 108 g/mol. The molecule has 0 aliphatic heterocycles. The van der Waals surface area contributed by atoms with Crippen LogP contribution in [-0.4, -0.2) is 0 Å². The average Bonchev–Trinajstić information content (AvgIpc) is 2.46. The first-order valence-corrected chi connectivity index (χ1v) is 3.91. The van der Waals surface area contributed by atoms with E-state index in [0.29, 0.717) is 0 Å². The Hall–Kier alpha value is -0.480. The number of fused-ring (bicyclic) bond motifs is 1. The van der Waals surface area contributed by atoms with Crippen LogP contribution in [0.2, 0.25) is 0 Å². The summed E-state index contributed by atoms with van der Waals surface area (Å²) in [6.07, 6.45) is 9.10. The summed E-state index contributed by atoms with van der Waals surface area (Å²) in [5.74, 6) is 0.960. The van der Waals surface area contributed by atoms with Gasteiger partial charge in [0.2, 0.25) is 0 Å². The Kier molecular flexibility index (Phi) is 1.20. The summed E-state index contributed by atoms with van der Waals surface area (Å²) < 4.78 is 0. The summed E-state index contributed by atoms with van der Waals surface area (Å²) in [5.41, 5.74) is 4.94. The summed E-state index contributed by atoms with van der Waals surface area (Å²) >= 11 is 0. The van der Waals surface area contributed by atoms with Gasteiger partial charge in [-0.2, -0.15) is 0 Å². The van der Waals surface area contributed by atoms with E-state index >= 15 is 0 Å². The fourth-order valence-corrected chi connectivity index (χ4v) is 1.50. The van der Waals surface area contributed by atoms with Gasteiger partial charge in [-0.3, -0.25) is 0 Å². The van der Waals surface area contributed by atoms with Crippen LogP contribution < -0.4 is 0 Å². The van der Waals surface area contributed by atoms with Gasteiger partial charge < -0.3 is 0 Å². The van der Waals surface area contributed by atoms with Crippen molar-refractivity contribution in [1.82, 2.24) is 0 Å². The van der Waals surface area contributed by atoms with Gasteiger partial charge in [0.1, 0.15) is 0 Å². The highest BCUT2D eigenvalue weighted by atomic mass is 14.3. The van der Waals surface area contributed by atoms with Crippen molar-refractivity contribution in [1.29, 1.82) is 0 Å². The van der Waals surface area contributed by atoms with E-state index in [1.54, 1.807) is 5.57 Å². The van der Waals surface area contributed by atoms with Crippen LogP contribution in [0.1, 0.15) is 32.1 Å². The number of rotatable bonds is 0. The third-order valence-corrected chi connectivity index (χ3v) is 2.24. The Morgan fingerprint density at radius 2 is 2.44 bits per heavy atom. The normalized spacial score (nSPS) is 32.0. The first-order valence-electron chi connectivity index (χ1n) is 3.91. The molecule has 0 spiro atoms. The minimum atomic E-state index is 0.960. The van der Waals surface area contributed by atoms with Crippen LogP contribution in [-0.2, 0) is 0 Å². The number of hydrogen-bond donors (Lipinski definition) is 0. The molecule has 0 aromatic carbocycles. The summed E-state index contributed by atoms with van der Waals surface area (Å²) in [4.78, 5) is 0. The maximum Gasteiger partial charge on any atom is -0.00835 e. The van der Waals surface area contributed by atoms with Crippen molar-refractivity contribution in [3.8, 4) is 0 Å². The van der Waals surface area contributed by atoms with Crippen LogP contribution in [0.4, 0.5) is 0 Å². The lowest BCUT2D eigenvalue weighted by Gasteiger charge is -1.95. The summed E-state index contributed by atoms with van der Waals surface area (Å²) in [6.45, 7) is 0. The van der Waals surface area contributed by atoms with Crippen molar-refractivity contribution in [2.24, 2.45) is 5.92 Å². The lowest BCUT2D eigenvalue weighted by atomic mass is 10.1. The van der Waals surface area contributed by atoms with Gasteiger partial charge in [-0.15, -0.1) is 5.73 Å². The standard InChI is InChI=1S/C9H12/c1-2-4-6-9-7-8(9)5-3-1/h3,9H,1-2,4,6-7H2. The molecule has 1 unspecified atom stereocenters. The fraction of sp³-hybridized carbons (Fsp3) is 0.667. The van der Waals surface area contributed by atoms with Crippen LogP contribution in [0.25, 0.3) is 0 Å². The van der Waals surface area contributed by atoms with Crippen molar-refractivity contribution in [2.75, 3.05) is 0 Å². The van der Waals surface area contributed by atoms with Gasteiger partial charge in [0, 0.05) is 0 Å². The zero-order valence-electron chi connectivity index (χ0n) is 5.69. The molecule has 2 rings (SSSR count). The molecule has 0 aromatic heterocycles. The van der Waals surface area contributed by atoms with E-state index in [2.05, 4.69) is 11.8 Å². The largest absolute Gasteiger partial charge is 0.126 e. The zero-order valence-corrected chi connectivity index (χ0v) is 5.69. The minimum Gasteiger partial charge on any atom is -0.126 e. The second-order valence-electron chi connectivity index (χ2n) is 3.06. The minimum absolute atomic E-state index is 0.960. The van der Waals surface area contributed by atoms with Gasteiger partial charge in [-0.05, 0) is 43.3 Å². The Labute approximate surface area is 56.3 Å². The molecule has 0 aromatic rings. The molecular formula is C9H12. The maximum atomic E-state index is 3.35. The van der Waals surface area contributed by atoms with E-state index < -0.39 is 0 Å². The van der Waals surface area contributed by atoms with Gasteiger partial charge in [0.05, 0.1) is 0 Å². The van der Waals surface area contributed by atoms with E-state index in [1.807, 2.05) is 0 Å². The van der Waals surface area contributed by atoms with E-state index in [-0.39, 0.29) is 0 Å². The van der Waals surface area contributed by atoms with Crippen molar-refractivity contribution >= 4 is 0 Å². The molecule has 9 heavy (non-hydrogen) atoms. The molecule has 1 saturated carbocycles. The SMILES string of the molecule is C1=CCCCCC2CC=12. The Bertz CT molecular complexity index is 170. The van der Waals surface area contributed by atoms with Crippen molar-refractivity contribution in [2.45, 2.75) is 32.1 Å². The number of allylic oxidation sites excluding steroid dienone is 1. The van der Waals surface area contributed by atoms with E-state index in [4.69, 9.17) is 0 Å². The molecule has 2 aliphatic rings. The van der Waals surface area contributed by atoms with E-state index in [1.165, 1.54) is 32.1 Å². The highest BCUT2D eigenvalue weighted by Gasteiger charge is 2.28. The first-order chi connectivity index (χ1) is 4.47. The van der Waals surface area contributed by atoms with Crippen molar-refractivity contribution in [3.63, 3.8) is 0 Å². The number of hydrogen-bond acceptors (Lipinski definition) is 0. The fourth-order valence-electron chi connectivity index (χ4n) is 1.50. The summed E-state index contributed by atoms with van der Waals surface area (Å²) in [7, 11) is 0. The summed E-state index contributed by atoms with van der Waals surface area (Å²) in [6, 6.07) is 0. The van der Waals surface area contributed by atoms with Gasteiger partial charge >= 0.3 is 0 Å². The van der Waals surface area contributed by atoms with Crippen LogP contribution in [0.15, 0.2) is 17.4 Å². The van der Waals surface area contributed by atoms with Crippen LogP contribution >= 0.6 is 0 Å². The van der Waals surface area contributed by atoms with Gasteiger partial charge in [-0.1, -0.05) is 6.42 Å². The molecule has 0 bridgehead atoms. The van der Waals surface area contributed by atoms with E-state index in [9.17, 15) is 0 Å². The lowest BCUT2D eigenvalue weighted by molar-refractivity contribution is 0.643. The Morgan fingerprint density at radius 3 is 3.44 bits per heavy atom. The zero-order chi connectivity index (χ0) is 6.10. The second-order valence-corrected chi connectivity index (χ2v) is 3.06. The lowest BCUT2D eigenvalue weighted by Crippen LogP contribution is -1.79. The molecule has 0 heteroatoms. The monoisotopic (exact) mass is 120 g/mol. The predicted molar refractivity (Wildman–Crippen MR) is 38.2 cm³/mol. The van der Waals surface area contributed by atoms with Crippen molar-refractivity contribution in [3.05, 3.63) is 17.4 Å². The first kappa shape index (κ1) is 5.32. The molecule has 1 fully saturated rings. The predicted octanol–water partition coefficient (Wildman–Crippen LogP) is 2.66. The average molecular weight is 120 g/mol. The molecule has 0 N–H and O–H groups in total. The van der Waals surface area contributed by atoms with Crippen molar-refractivity contribution < 1.29 is 0 Å². The second kappa shape index (κ2) is 2.04. The van der Waals surface area contributed by atoms with Crippen LogP contribution in [0, 0.1) is 5.92 Å². The Morgan fingerprint density at radius 1 is 1.44 bits per heavy atom. The smallest absolute Gasteiger partial charge is 0.00835 e. The molecule has 0 saturated heterocycles. The maximum absolute atomic E-state index is 3.35. The highest BCUT2D eigenvalue weighted by molar-refractivity contribution is 5.22. The quantitative estimate of drug-likeness (QED) is 0.431. The summed E-state index contributed by atoms with van der Waals surface area (Å²) in [5, 5.41) is 0.